The van der Waals surface area contributed by atoms with Gasteiger partial charge in [0.15, 0.2) is 0 Å². The van der Waals surface area contributed by atoms with Crippen molar-refractivity contribution in [2.75, 3.05) is 19.6 Å². The quantitative estimate of drug-likeness (QED) is 0.868. The molecule has 0 radical (unpaired) electrons. The lowest BCUT2D eigenvalue weighted by Gasteiger charge is -2.25. The standard InChI is InChI=1S/C15H21NO2/c1-2-9-16-10-8-15(12-16,14(17)18)11-13-6-4-3-5-7-13/h3-7H,2,8-12H2,1H3,(H,17,18). The van der Waals surface area contributed by atoms with E-state index in [-0.39, 0.29) is 0 Å². The third kappa shape index (κ3) is 2.72. The first-order chi connectivity index (χ1) is 8.66. The maximum absolute atomic E-state index is 11.7. The Kier molecular flexibility index (Phi) is 4.02. The van der Waals surface area contributed by atoms with Gasteiger partial charge in [0, 0.05) is 6.54 Å². The van der Waals surface area contributed by atoms with Gasteiger partial charge in [0.05, 0.1) is 5.41 Å². The van der Waals surface area contributed by atoms with Crippen LogP contribution in [0.3, 0.4) is 0 Å². The van der Waals surface area contributed by atoms with Crippen molar-refractivity contribution in [3.8, 4) is 0 Å². The minimum atomic E-state index is -0.648. The van der Waals surface area contributed by atoms with E-state index < -0.39 is 11.4 Å². The molecule has 18 heavy (non-hydrogen) atoms. The molecule has 1 aliphatic heterocycles. The molecule has 0 saturated carbocycles. The van der Waals surface area contributed by atoms with Crippen LogP contribution in [0.5, 0.6) is 0 Å². The van der Waals surface area contributed by atoms with Gasteiger partial charge in [-0.25, -0.2) is 0 Å². The molecule has 1 saturated heterocycles. The Morgan fingerprint density at radius 3 is 2.72 bits per heavy atom. The summed E-state index contributed by atoms with van der Waals surface area (Å²) in [4.78, 5) is 13.9. The third-order valence-corrected chi connectivity index (χ3v) is 3.81. The van der Waals surface area contributed by atoms with E-state index in [1.165, 1.54) is 0 Å². The molecular formula is C15H21NO2. The second-order valence-electron chi connectivity index (χ2n) is 5.27. The molecule has 1 N–H and O–H groups in total. The molecule has 98 valence electrons. The normalized spacial score (nSPS) is 24.3. The summed E-state index contributed by atoms with van der Waals surface area (Å²) in [6.45, 7) is 4.74. The van der Waals surface area contributed by atoms with Gasteiger partial charge < -0.3 is 10.0 Å². The number of benzene rings is 1. The van der Waals surface area contributed by atoms with Crippen molar-refractivity contribution >= 4 is 5.97 Å². The fourth-order valence-corrected chi connectivity index (χ4v) is 2.85. The van der Waals surface area contributed by atoms with Crippen molar-refractivity contribution in [2.45, 2.75) is 26.2 Å². The molecule has 1 aromatic carbocycles. The van der Waals surface area contributed by atoms with Gasteiger partial charge in [0.2, 0.25) is 0 Å². The fourth-order valence-electron chi connectivity index (χ4n) is 2.85. The van der Waals surface area contributed by atoms with Crippen LogP contribution in [-0.4, -0.2) is 35.6 Å². The van der Waals surface area contributed by atoms with E-state index in [0.29, 0.717) is 13.0 Å². The second kappa shape index (κ2) is 5.53. The van der Waals surface area contributed by atoms with Crippen LogP contribution in [0.4, 0.5) is 0 Å². The first-order valence-corrected chi connectivity index (χ1v) is 6.66. The molecule has 0 aliphatic carbocycles. The van der Waals surface area contributed by atoms with Crippen LogP contribution in [0.1, 0.15) is 25.3 Å². The summed E-state index contributed by atoms with van der Waals surface area (Å²) < 4.78 is 0. The number of hydrogen-bond acceptors (Lipinski definition) is 2. The fraction of sp³-hybridized carbons (Fsp3) is 0.533. The van der Waals surface area contributed by atoms with Gasteiger partial charge in [-0.1, -0.05) is 37.3 Å². The number of aliphatic carboxylic acids is 1. The summed E-state index contributed by atoms with van der Waals surface area (Å²) in [5, 5.41) is 9.58. The molecule has 2 rings (SSSR count). The molecule has 1 fully saturated rings. The van der Waals surface area contributed by atoms with E-state index in [1.54, 1.807) is 0 Å². The molecule has 1 aromatic rings. The molecule has 3 heteroatoms. The molecule has 3 nitrogen and oxygen atoms in total. The zero-order chi connectivity index (χ0) is 13.0. The molecular weight excluding hydrogens is 226 g/mol. The number of likely N-dealkylation sites (tertiary alicyclic amines) is 1. The second-order valence-corrected chi connectivity index (χ2v) is 5.27. The van der Waals surface area contributed by atoms with Crippen LogP contribution in [-0.2, 0) is 11.2 Å². The van der Waals surface area contributed by atoms with E-state index >= 15 is 0 Å². The Morgan fingerprint density at radius 1 is 1.39 bits per heavy atom. The minimum Gasteiger partial charge on any atom is -0.481 e. The van der Waals surface area contributed by atoms with Crippen molar-refractivity contribution in [1.82, 2.24) is 4.90 Å². The molecule has 1 heterocycles. The van der Waals surface area contributed by atoms with Gasteiger partial charge in [-0.2, -0.15) is 0 Å². The van der Waals surface area contributed by atoms with Gasteiger partial charge in [-0.3, -0.25) is 4.79 Å². The van der Waals surface area contributed by atoms with E-state index in [4.69, 9.17) is 0 Å². The largest absolute Gasteiger partial charge is 0.481 e. The van der Waals surface area contributed by atoms with Gasteiger partial charge >= 0.3 is 5.97 Å². The molecule has 1 unspecified atom stereocenters. The highest BCUT2D eigenvalue weighted by Gasteiger charge is 2.44. The average Bonchev–Trinajstić information content (AvgIpc) is 2.76. The maximum atomic E-state index is 11.7. The number of hydrogen-bond donors (Lipinski definition) is 1. The zero-order valence-corrected chi connectivity index (χ0v) is 10.9. The number of carbonyl (C=O) groups is 1. The molecule has 1 atom stereocenters. The van der Waals surface area contributed by atoms with E-state index in [9.17, 15) is 9.90 Å². The van der Waals surface area contributed by atoms with Crippen molar-refractivity contribution in [3.05, 3.63) is 35.9 Å². The molecule has 0 bridgehead atoms. The van der Waals surface area contributed by atoms with Gasteiger partial charge in [0.25, 0.3) is 0 Å². The molecule has 0 aromatic heterocycles. The number of carboxylic acids is 1. The Morgan fingerprint density at radius 2 is 2.11 bits per heavy atom. The summed E-state index contributed by atoms with van der Waals surface area (Å²) >= 11 is 0. The Hall–Kier alpha value is -1.35. The predicted molar refractivity (Wildman–Crippen MR) is 71.6 cm³/mol. The van der Waals surface area contributed by atoms with E-state index in [0.717, 1.165) is 31.5 Å². The Bertz CT molecular complexity index is 404. The Balaban J connectivity index is 2.12. The number of nitrogens with zero attached hydrogens (tertiary/aromatic N) is 1. The van der Waals surface area contributed by atoms with Crippen LogP contribution < -0.4 is 0 Å². The van der Waals surface area contributed by atoms with Crippen LogP contribution in [0, 0.1) is 5.41 Å². The van der Waals surface area contributed by atoms with Crippen molar-refractivity contribution in [3.63, 3.8) is 0 Å². The topological polar surface area (TPSA) is 40.5 Å². The zero-order valence-electron chi connectivity index (χ0n) is 10.9. The summed E-state index contributed by atoms with van der Waals surface area (Å²) in [6.07, 6.45) is 2.49. The van der Waals surface area contributed by atoms with Crippen molar-refractivity contribution in [2.24, 2.45) is 5.41 Å². The first-order valence-electron chi connectivity index (χ1n) is 6.66. The third-order valence-electron chi connectivity index (χ3n) is 3.81. The predicted octanol–water partition coefficient (Wildman–Crippen LogP) is 2.42. The highest BCUT2D eigenvalue weighted by Crippen LogP contribution is 2.34. The SMILES string of the molecule is CCCN1CCC(Cc2ccccc2)(C(=O)O)C1. The van der Waals surface area contributed by atoms with E-state index in [2.05, 4.69) is 11.8 Å². The maximum Gasteiger partial charge on any atom is 0.311 e. The van der Waals surface area contributed by atoms with Crippen LogP contribution in [0.2, 0.25) is 0 Å². The summed E-state index contributed by atoms with van der Waals surface area (Å²) in [7, 11) is 0. The van der Waals surface area contributed by atoms with Crippen LogP contribution in [0.25, 0.3) is 0 Å². The number of carboxylic acid groups (broad SMARTS) is 1. The molecule has 1 aliphatic rings. The smallest absolute Gasteiger partial charge is 0.311 e. The average molecular weight is 247 g/mol. The Labute approximate surface area is 108 Å². The lowest BCUT2D eigenvalue weighted by molar-refractivity contribution is -0.148. The van der Waals surface area contributed by atoms with Crippen LogP contribution >= 0.6 is 0 Å². The van der Waals surface area contributed by atoms with Crippen molar-refractivity contribution < 1.29 is 9.90 Å². The molecule has 0 amide bonds. The summed E-state index contributed by atoms with van der Waals surface area (Å²) in [5.74, 6) is -0.648. The first kappa shape index (κ1) is 13.1. The van der Waals surface area contributed by atoms with Crippen molar-refractivity contribution in [1.29, 1.82) is 0 Å². The monoisotopic (exact) mass is 247 g/mol. The highest BCUT2D eigenvalue weighted by atomic mass is 16.4. The van der Waals surface area contributed by atoms with Gasteiger partial charge in [-0.15, -0.1) is 0 Å². The lowest BCUT2D eigenvalue weighted by Crippen LogP contribution is -2.36. The highest BCUT2D eigenvalue weighted by molar-refractivity contribution is 5.76. The number of rotatable bonds is 5. The van der Waals surface area contributed by atoms with Gasteiger partial charge in [0.1, 0.15) is 0 Å². The van der Waals surface area contributed by atoms with Crippen LogP contribution in [0.15, 0.2) is 30.3 Å². The van der Waals surface area contributed by atoms with E-state index in [1.807, 2.05) is 30.3 Å². The summed E-state index contributed by atoms with van der Waals surface area (Å²) in [5.41, 5.74) is 0.537. The summed E-state index contributed by atoms with van der Waals surface area (Å²) in [6, 6.07) is 9.96. The lowest BCUT2D eigenvalue weighted by atomic mass is 9.81. The van der Waals surface area contributed by atoms with Gasteiger partial charge in [-0.05, 0) is 37.9 Å². The molecule has 0 spiro atoms. The minimum absolute atomic E-state index is 0.587.